The number of hydrogen-bond acceptors (Lipinski definition) is 3. The number of nitrogens with zero attached hydrogens (tertiary/aromatic N) is 2. The predicted molar refractivity (Wildman–Crippen MR) is 85.5 cm³/mol. The second-order valence-corrected chi connectivity index (χ2v) is 7.11. The van der Waals surface area contributed by atoms with E-state index in [4.69, 9.17) is 0 Å². The van der Waals surface area contributed by atoms with Gasteiger partial charge < -0.3 is 0 Å². The summed E-state index contributed by atoms with van der Waals surface area (Å²) >= 11 is 0. The van der Waals surface area contributed by atoms with Gasteiger partial charge in [-0.25, -0.2) is 13.2 Å². The molecule has 2 aromatic carbocycles. The number of sulfonamides is 1. The minimum absolute atomic E-state index is 0.0338. The summed E-state index contributed by atoms with van der Waals surface area (Å²) in [6, 6.07) is 7.61. The fraction of sp³-hybridized carbons (Fsp3) is 0.0625. The van der Waals surface area contributed by atoms with E-state index in [0.29, 0.717) is 12.1 Å². The maximum atomic E-state index is 14.1. The van der Waals surface area contributed by atoms with Crippen molar-refractivity contribution in [2.75, 3.05) is 4.83 Å². The number of alkyl halides is 3. The Labute approximate surface area is 154 Å². The second-order valence-electron chi connectivity index (χ2n) is 5.45. The molecular formula is C16H9F6N3O2S. The molecule has 0 aliphatic rings. The Morgan fingerprint density at radius 3 is 2.14 bits per heavy atom. The van der Waals surface area contributed by atoms with Crippen molar-refractivity contribution in [2.45, 2.75) is 11.1 Å². The number of nitrogens with one attached hydrogen (secondary N) is 1. The second kappa shape index (κ2) is 6.86. The molecular weight excluding hydrogens is 412 g/mol. The molecule has 0 saturated carbocycles. The molecule has 0 bridgehead atoms. The molecule has 1 N–H and O–H groups in total. The zero-order chi connectivity index (χ0) is 20.7. The Bertz CT molecular complexity index is 1130. The van der Waals surface area contributed by atoms with E-state index in [-0.39, 0.29) is 15.8 Å². The normalized spacial score (nSPS) is 12.2. The summed E-state index contributed by atoms with van der Waals surface area (Å²) in [7, 11) is -4.47. The summed E-state index contributed by atoms with van der Waals surface area (Å²) in [4.78, 5) is 1.38. The number of benzene rings is 2. The highest BCUT2D eigenvalue weighted by Gasteiger charge is 2.37. The van der Waals surface area contributed by atoms with Crippen molar-refractivity contribution in [3.63, 3.8) is 0 Å². The number of halogens is 6. The minimum Gasteiger partial charge on any atom is -0.206 e. The van der Waals surface area contributed by atoms with E-state index >= 15 is 0 Å². The molecule has 1 heterocycles. The van der Waals surface area contributed by atoms with Crippen molar-refractivity contribution in [2.24, 2.45) is 0 Å². The quantitative estimate of drug-likeness (QED) is 0.513. The van der Waals surface area contributed by atoms with Crippen LogP contribution in [0.15, 0.2) is 53.4 Å². The van der Waals surface area contributed by atoms with Crippen LogP contribution in [0.25, 0.3) is 11.3 Å². The van der Waals surface area contributed by atoms with Crippen molar-refractivity contribution >= 4 is 10.0 Å². The average Bonchev–Trinajstić information content (AvgIpc) is 3.03. The molecule has 0 saturated heterocycles. The van der Waals surface area contributed by atoms with Gasteiger partial charge in [-0.15, -0.1) is 5.10 Å². The van der Waals surface area contributed by atoms with E-state index in [9.17, 15) is 34.8 Å². The SMILES string of the molecule is O=S(=O)(Nn1nc(C(F)(F)F)cc1-c1c(F)ccc(F)c1F)c1ccccc1. The van der Waals surface area contributed by atoms with E-state index in [0.717, 1.165) is 12.1 Å². The smallest absolute Gasteiger partial charge is 0.206 e. The highest BCUT2D eigenvalue weighted by atomic mass is 32.2. The van der Waals surface area contributed by atoms with Gasteiger partial charge in [-0.1, -0.05) is 18.2 Å². The zero-order valence-corrected chi connectivity index (χ0v) is 14.3. The van der Waals surface area contributed by atoms with Crippen molar-refractivity contribution in [1.82, 2.24) is 9.89 Å². The molecule has 3 rings (SSSR count). The standard InChI is InChI=1S/C16H9F6N3O2S/c17-10-6-7-11(18)15(19)14(10)12-8-13(16(20,21)22)23-25(12)24-28(26,27)9-4-2-1-3-5-9/h1-8,24H. The van der Waals surface area contributed by atoms with Gasteiger partial charge in [0.25, 0.3) is 10.0 Å². The first-order valence-corrected chi connectivity index (χ1v) is 8.88. The number of hydrogen-bond donors (Lipinski definition) is 1. The molecule has 0 spiro atoms. The molecule has 0 unspecified atom stereocenters. The van der Waals surface area contributed by atoms with Crippen LogP contribution in [0.4, 0.5) is 26.3 Å². The Kier molecular flexibility index (Phi) is 4.83. The van der Waals surface area contributed by atoms with E-state index in [1.54, 1.807) is 4.83 Å². The zero-order valence-electron chi connectivity index (χ0n) is 13.5. The molecule has 5 nitrogen and oxygen atoms in total. The first kappa shape index (κ1) is 19.7. The van der Waals surface area contributed by atoms with Crippen LogP contribution in [0.3, 0.4) is 0 Å². The lowest BCUT2D eigenvalue weighted by atomic mass is 10.1. The third-order valence-electron chi connectivity index (χ3n) is 3.56. The molecule has 0 aliphatic carbocycles. The molecule has 0 atom stereocenters. The van der Waals surface area contributed by atoms with Crippen molar-refractivity contribution in [3.8, 4) is 11.3 Å². The monoisotopic (exact) mass is 421 g/mol. The maximum absolute atomic E-state index is 14.1. The number of aromatic nitrogens is 2. The summed E-state index contributed by atoms with van der Waals surface area (Å²) in [6.07, 6.45) is -5.06. The van der Waals surface area contributed by atoms with Crippen LogP contribution in [-0.4, -0.2) is 18.3 Å². The van der Waals surface area contributed by atoms with Gasteiger partial charge in [0, 0.05) is 0 Å². The number of rotatable bonds is 4. The average molecular weight is 421 g/mol. The molecule has 0 aliphatic heterocycles. The Balaban J connectivity index is 2.20. The third-order valence-corrected chi connectivity index (χ3v) is 4.87. The molecule has 0 fully saturated rings. The van der Waals surface area contributed by atoms with Gasteiger partial charge in [0.05, 0.1) is 16.2 Å². The van der Waals surface area contributed by atoms with Crippen molar-refractivity contribution in [3.05, 3.63) is 71.7 Å². The van der Waals surface area contributed by atoms with Crippen LogP contribution in [0, 0.1) is 17.5 Å². The van der Waals surface area contributed by atoms with E-state index in [1.807, 2.05) is 0 Å². The Hall–Kier alpha value is -3.02. The molecule has 0 amide bonds. The summed E-state index contributed by atoms with van der Waals surface area (Å²) in [5.41, 5.74) is -3.82. The highest BCUT2D eigenvalue weighted by molar-refractivity contribution is 7.92. The van der Waals surface area contributed by atoms with E-state index in [1.165, 1.54) is 18.2 Å². The van der Waals surface area contributed by atoms with Crippen LogP contribution >= 0.6 is 0 Å². The predicted octanol–water partition coefficient (Wildman–Crippen LogP) is 3.92. The Morgan fingerprint density at radius 1 is 0.929 bits per heavy atom. The van der Waals surface area contributed by atoms with Gasteiger partial charge in [-0.3, -0.25) is 0 Å². The topological polar surface area (TPSA) is 64.0 Å². The fourth-order valence-electron chi connectivity index (χ4n) is 2.30. The maximum Gasteiger partial charge on any atom is 0.435 e. The lowest BCUT2D eigenvalue weighted by Crippen LogP contribution is -2.26. The molecule has 1 aromatic heterocycles. The first-order valence-electron chi connectivity index (χ1n) is 7.40. The Morgan fingerprint density at radius 2 is 1.54 bits per heavy atom. The van der Waals surface area contributed by atoms with Gasteiger partial charge in [0.1, 0.15) is 5.82 Å². The lowest BCUT2D eigenvalue weighted by molar-refractivity contribution is -0.141. The van der Waals surface area contributed by atoms with Crippen molar-refractivity contribution in [1.29, 1.82) is 0 Å². The molecule has 3 aromatic rings. The van der Waals surface area contributed by atoms with Gasteiger partial charge >= 0.3 is 6.18 Å². The minimum atomic E-state index is -5.06. The largest absolute Gasteiger partial charge is 0.435 e. The van der Waals surface area contributed by atoms with Crippen LogP contribution in [0.5, 0.6) is 0 Å². The lowest BCUT2D eigenvalue weighted by Gasteiger charge is -2.12. The van der Waals surface area contributed by atoms with Crippen molar-refractivity contribution < 1.29 is 34.8 Å². The van der Waals surface area contributed by atoms with E-state index in [2.05, 4.69) is 5.10 Å². The van der Waals surface area contributed by atoms with Gasteiger partial charge in [0.15, 0.2) is 17.3 Å². The van der Waals surface area contributed by atoms with E-state index < -0.39 is 50.6 Å². The molecule has 28 heavy (non-hydrogen) atoms. The van der Waals surface area contributed by atoms with Crippen LogP contribution in [0.1, 0.15) is 5.69 Å². The summed E-state index contributed by atoms with van der Waals surface area (Å²) < 4.78 is 105. The third kappa shape index (κ3) is 3.67. The van der Waals surface area contributed by atoms with Crippen LogP contribution < -0.4 is 4.83 Å². The summed E-state index contributed by atoms with van der Waals surface area (Å²) in [5.74, 6) is -4.75. The van der Waals surface area contributed by atoms with Crippen LogP contribution in [0.2, 0.25) is 0 Å². The van der Waals surface area contributed by atoms with Gasteiger partial charge in [-0.2, -0.15) is 31.2 Å². The molecule has 12 heteroatoms. The van der Waals surface area contributed by atoms with Gasteiger partial charge in [-0.05, 0) is 30.3 Å². The molecule has 0 radical (unpaired) electrons. The highest BCUT2D eigenvalue weighted by Crippen LogP contribution is 2.34. The van der Waals surface area contributed by atoms with Gasteiger partial charge in [0.2, 0.25) is 0 Å². The summed E-state index contributed by atoms with van der Waals surface area (Å²) in [5, 5.41) is 3.03. The molecule has 148 valence electrons. The summed E-state index contributed by atoms with van der Waals surface area (Å²) in [6.45, 7) is 0. The first-order chi connectivity index (χ1) is 13.0. The fourth-order valence-corrected chi connectivity index (χ4v) is 3.28. The van der Waals surface area contributed by atoms with Crippen LogP contribution in [-0.2, 0) is 16.2 Å².